The molecular weight excluding hydrogens is 386 g/mol. The summed E-state index contributed by atoms with van der Waals surface area (Å²) in [6, 6.07) is 2.97. The fraction of sp³-hybridized carbons (Fsp3) is 0.500. The molecule has 0 aliphatic carbocycles. The lowest BCUT2D eigenvalue weighted by atomic mass is 9.95. The van der Waals surface area contributed by atoms with Crippen molar-refractivity contribution in [2.24, 2.45) is 0 Å². The van der Waals surface area contributed by atoms with Crippen LogP contribution in [0.25, 0.3) is 16.6 Å². The van der Waals surface area contributed by atoms with Crippen LogP contribution < -0.4 is 15.2 Å². The van der Waals surface area contributed by atoms with E-state index in [0.717, 1.165) is 19.4 Å². The average Bonchev–Trinajstić information content (AvgIpc) is 3.19. The van der Waals surface area contributed by atoms with E-state index < -0.39 is 11.9 Å². The van der Waals surface area contributed by atoms with Crippen molar-refractivity contribution in [3.63, 3.8) is 0 Å². The van der Waals surface area contributed by atoms with E-state index in [4.69, 9.17) is 5.73 Å². The lowest BCUT2D eigenvalue weighted by Crippen LogP contribution is -2.46. The second kappa shape index (κ2) is 6.10. The third kappa shape index (κ3) is 3.19. The molecule has 0 bridgehead atoms. The first kappa shape index (κ1) is 18.3. The molecule has 1 saturated heterocycles. The number of anilines is 1. The standard InChI is InChI=1S/C18H20F2N6O3/c1-17(27)6-2-7-25(9-17)8-5-12-22-15-10-3-4-11-14(29-18(19,20)28-11)13(10)23-16(21)26(15)24-12/h3-4,27H,2,5-9H2,1H3,(H2,21,23). The van der Waals surface area contributed by atoms with Crippen molar-refractivity contribution < 1.29 is 23.4 Å². The molecule has 1 unspecified atom stereocenters. The number of hydrogen-bond acceptors (Lipinski definition) is 8. The summed E-state index contributed by atoms with van der Waals surface area (Å²) in [6.45, 7) is 4.05. The minimum atomic E-state index is -3.74. The topological polar surface area (TPSA) is 111 Å². The molecule has 5 rings (SSSR count). The van der Waals surface area contributed by atoms with E-state index in [2.05, 4.69) is 29.4 Å². The van der Waals surface area contributed by atoms with Gasteiger partial charge in [0.15, 0.2) is 23.0 Å². The molecule has 29 heavy (non-hydrogen) atoms. The zero-order chi connectivity index (χ0) is 20.4. The van der Waals surface area contributed by atoms with Gasteiger partial charge in [-0.2, -0.15) is 4.52 Å². The molecule has 11 heteroatoms. The zero-order valence-electron chi connectivity index (χ0n) is 15.7. The quantitative estimate of drug-likeness (QED) is 0.674. The van der Waals surface area contributed by atoms with Crippen LogP contribution in [0.15, 0.2) is 12.1 Å². The summed E-state index contributed by atoms with van der Waals surface area (Å²) in [7, 11) is 0. The Kier molecular flexibility index (Phi) is 3.84. The third-order valence-corrected chi connectivity index (χ3v) is 5.29. The number of β-amino-alcohol motifs (C(OH)–C–C–N with tert-alkyl or cyclic N) is 1. The number of nitrogen functional groups attached to an aromatic ring is 1. The molecular formula is C18H20F2N6O3. The predicted octanol–water partition coefficient (Wildman–Crippen LogP) is 1.57. The van der Waals surface area contributed by atoms with Gasteiger partial charge in [0.05, 0.1) is 5.60 Å². The van der Waals surface area contributed by atoms with Crippen LogP contribution in [0, 0.1) is 0 Å². The van der Waals surface area contributed by atoms with Crippen LogP contribution in [0.3, 0.4) is 0 Å². The molecule has 3 aromatic rings. The van der Waals surface area contributed by atoms with Crippen LogP contribution in [0.4, 0.5) is 14.7 Å². The maximum Gasteiger partial charge on any atom is 0.586 e. The van der Waals surface area contributed by atoms with Gasteiger partial charge < -0.3 is 25.2 Å². The summed E-state index contributed by atoms with van der Waals surface area (Å²) >= 11 is 0. The van der Waals surface area contributed by atoms with E-state index in [1.54, 1.807) is 6.07 Å². The summed E-state index contributed by atoms with van der Waals surface area (Å²) in [4.78, 5) is 10.9. The van der Waals surface area contributed by atoms with Crippen molar-refractivity contribution in [1.29, 1.82) is 0 Å². The number of nitrogens with zero attached hydrogens (tertiary/aromatic N) is 5. The maximum absolute atomic E-state index is 13.5. The molecule has 1 aromatic carbocycles. The summed E-state index contributed by atoms with van der Waals surface area (Å²) in [5.41, 5.74) is 5.87. The molecule has 4 heterocycles. The monoisotopic (exact) mass is 406 g/mol. The largest absolute Gasteiger partial charge is 0.586 e. The van der Waals surface area contributed by atoms with E-state index in [-0.39, 0.29) is 23.0 Å². The summed E-state index contributed by atoms with van der Waals surface area (Å²) in [6.07, 6.45) is -1.46. The molecule has 1 fully saturated rings. The summed E-state index contributed by atoms with van der Waals surface area (Å²) in [5.74, 6) is 0.302. The number of nitrogens with two attached hydrogens (primary N) is 1. The molecule has 1 atom stereocenters. The first-order valence-corrected chi connectivity index (χ1v) is 9.39. The fourth-order valence-electron chi connectivity index (χ4n) is 4.02. The Morgan fingerprint density at radius 3 is 2.90 bits per heavy atom. The molecule has 2 aromatic heterocycles. The number of alkyl halides is 2. The van der Waals surface area contributed by atoms with E-state index in [1.807, 2.05) is 6.92 Å². The lowest BCUT2D eigenvalue weighted by molar-refractivity contribution is -0.286. The second-order valence-electron chi connectivity index (χ2n) is 7.82. The van der Waals surface area contributed by atoms with Crippen molar-refractivity contribution in [1.82, 2.24) is 24.5 Å². The van der Waals surface area contributed by atoms with Gasteiger partial charge in [-0.05, 0) is 38.4 Å². The van der Waals surface area contributed by atoms with Crippen molar-refractivity contribution in [2.75, 3.05) is 25.4 Å². The Balaban J connectivity index is 1.47. The van der Waals surface area contributed by atoms with Crippen LogP contribution in [0.2, 0.25) is 0 Å². The van der Waals surface area contributed by atoms with Gasteiger partial charge in [-0.3, -0.25) is 0 Å². The molecule has 0 radical (unpaired) electrons. The Morgan fingerprint density at radius 2 is 2.10 bits per heavy atom. The highest BCUT2D eigenvalue weighted by molar-refractivity contribution is 5.97. The highest BCUT2D eigenvalue weighted by Gasteiger charge is 2.45. The van der Waals surface area contributed by atoms with Crippen LogP contribution >= 0.6 is 0 Å². The fourth-order valence-corrected chi connectivity index (χ4v) is 4.02. The van der Waals surface area contributed by atoms with Crippen molar-refractivity contribution in [3.05, 3.63) is 18.0 Å². The maximum atomic E-state index is 13.5. The number of aliphatic hydroxyl groups is 1. The van der Waals surface area contributed by atoms with E-state index >= 15 is 0 Å². The first-order chi connectivity index (χ1) is 13.7. The van der Waals surface area contributed by atoms with Crippen molar-refractivity contribution in [2.45, 2.75) is 38.1 Å². The number of piperidine rings is 1. The number of halogens is 2. The smallest absolute Gasteiger partial charge is 0.395 e. The lowest BCUT2D eigenvalue weighted by Gasteiger charge is -2.36. The highest BCUT2D eigenvalue weighted by atomic mass is 19.3. The summed E-state index contributed by atoms with van der Waals surface area (Å²) < 4.78 is 37.4. The van der Waals surface area contributed by atoms with Gasteiger partial charge in [0.1, 0.15) is 5.52 Å². The zero-order valence-corrected chi connectivity index (χ0v) is 15.7. The number of benzene rings is 1. The minimum absolute atomic E-state index is 0.0133. The Hall–Kier alpha value is -2.79. The number of hydrogen-bond donors (Lipinski definition) is 2. The Morgan fingerprint density at radius 1 is 1.28 bits per heavy atom. The van der Waals surface area contributed by atoms with Crippen LogP contribution in [0.1, 0.15) is 25.6 Å². The van der Waals surface area contributed by atoms with Gasteiger partial charge in [0.25, 0.3) is 0 Å². The third-order valence-electron chi connectivity index (χ3n) is 5.29. The number of likely N-dealkylation sites (tertiary alicyclic amines) is 1. The van der Waals surface area contributed by atoms with Crippen molar-refractivity contribution >= 4 is 22.5 Å². The van der Waals surface area contributed by atoms with Gasteiger partial charge in [0.2, 0.25) is 5.95 Å². The molecule has 0 amide bonds. The molecule has 0 spiro atoms. The number of aromatic nitrogens is 4. The van der Waals surface area contributed by atoms with Gasteiger partial charge in [-0.25, -0.2) is 9.97 Å². The van der Waals surface area contributed by atoms with E-state index in [0.29, 0.717) is 36.4 Å². The SMILES string of the molecule is CC1(O)CCCN(CCc2nc3c4ccc5c(c4nc(N)n3n2)OC(F)(F)O5)C1. The molecule has 154 valence electrons. The number of rotatable bonds is 3. The second-order valence-corrected chi connectivity index (χ2v) is 7.82. The molecule has 9 nitrogen and oxygen atoms in total. The average molecular weight is 406 g/mol. The van der Waals surface area contributed by atoms with Gasteiger partial charge in [0, 0.05) is 24.9 Å². The first-order valence-electron chi connectivity index (χ1n) is 9.39. The van der Waals surface area contributed by atoms with Crippen LogP contribution in [-0.2, 0) is 6.42 Å². The predicted molar refractivity (Wildman–Crippen MR) is 98.9 cm³/mol. The Bertz CT molecular complexity index is 1120. The van der Waals surface area contributed by atoms with Gasteiger partial charge >= 0.3 is 6.29 Å². The van der Waals surface area contributed by atoms with E-state index in [1.165, 1.54) is 10.6 Å². The highest BCUT2D eigenvalue weighted by Crippen LogP contribution is 2.45. The van der Waals surface area contributed by atoms with Gasteiger partial charge in [-0.1, -0.05) is 0 Å². The number of fused-ring (bicyclic) bond motifs is 5. The van der Waals surface area contributed by atoms with Crippen molar-refractivity contribution in [3.8, 4) is 11.5 Å². The molecule has 2 aliphatic heterocycles. The molecule has 2 aliphatic rings. The van der Waals surface area contributed by atoms with Crippen LogP contribution in [-0.4, -0.2) is 61.1 Å². The number of ether oxygens (including phenoxy) is 2. The Labute approximate surface area is 164 Å². The molecule has 3 N–H and O–H groups in total. The van der Waals surface area contributed by atoms with Gasteiger partial charge in [-0.15, -0.1) is 13.9 Å². The normalized spacial score (nSPS) is 23.9. The van der Waals surface area contributed by atoms with Crippen LogP contribution in [0.5, 0.6) is 11.5 Å². The van der Waals surface area contributed by atoms with E-state index in [9.17, 15) is 13.9 Å². The molecule has 0 saturated carbocycles. The minimum Gasteiger partial charge on any atom is -0.395 e. The summed E-state index contributed by atoms with van der Waals surface area (Å²) in [5, 5.41) is 15.1.